The molecule has 26 heavy (non-hydrogen) atoms. The minimum Gasteiger partial charge on any atom is -0.350 e. The van der Waals surface area contributed by atoms with Crippen molar-refractivity contribution in [3.05, 3.63) is 71.6 Å². The van der Waals surface area contributed by atoms with E-state index in [0.29, 0.717) is 11.5 Å². The third-order valence-electron chi connectivity index (χ3n) is 3.86. The van der Waals surface area contributed by atoms with Crippen molar-refractivity contribution in [2.45, 2.75) is 25.8 Å². The van der Waals surface area contributed by atoms with E-state index in [9.17, 15) is 13.6 Å². The molecule has 0 aliphatic rings. The molecule has 0 saturated carbocycles. The minimum atomic E-state index is -0.386. The summed E-state index contributed by atoms with van der Waals surface area (Å²) in [5.41, 5.74) is 1.32. The lowest BCUT2D eigenvalue weighted by Crippen LogP contribution is -2.26. The zero-order valence-corrected chi connectivity index (χ0v) is 14.1. The van der Waals surface area contributed by atoms with Crippen LogP contribution >= 0.6 is 0 Å². The van der Waals surface area contributed by atoms with Gasteiger partial charge in [-0.05, 0) is 36.8 Å². The van der Waals surface area contributed by atoms with Crippen molar-refractivity contribution in [3.8, 4) is 11.4 Å². The Morgan fingerprint density at radius 3 is 2.65 bits per heavy atom. The van der Waals surface area contributed by atoms with Crippen LogP contribution in [0.4, 0.5) is 8.78 Å². The van der Waals surface area contributed by atoms with E-state index in [0.717, 1.165) is 5.56 Å². The fraction of sp³-hybridized carbons (Fsp3) is 0.211. The number of rotatable bonds is 6. The molecule has 1 unspecified atom stereocenters. The number of hydrogen-bond donors (Lipinski definition) is 1. The summed E-state index contributed by atoms with van der Waals surface area (Å²) in [5.74, 6) is -0.318. The summed E-state index contributed by atoms with van der Waals surface area (Å²) in [5, 5.41) is 6.63. The molecule has 1 amide bonds. The maximum Gasteiger partial charge on any atom is 0.227 e. The molecule has 134 valence electrons. The summed E-state index contributed by atoms with van der Waals surface area (Å²) in [6.45, 7) is 1.82. The van der Waals surface area contributed by atoms with Gasteiger partial charge in [-0.2, -0.15) is 4.98 Å². The van der Waals surface area contributed by atoms with E-state index in [-0.39, 0.29) is 42.2 Å². The van der Waals surface area contributed by atoms with Crippen LogP contribution in [-0.4, -0.2) is 16.0 Å². The van der Waals surface area contributed by atoms with Crippen molar-refractivity contribution >= 4 is 5.91 Å². The molecule has 0 aliphatic heterocycles. The van der Waals surface area contributed by atoms with E-state index in [1.807, 2.05) is 6.92 Å². The van der Waals surface area contributed by atoms with Gasteiger partial charge in [-0.25, -0.2) is 8.78 Å². The number of hydrogen-bond acceptors (Lipinski definition) is 4. The lowest BCUT2D eigenvalue weighted by molar-refractivity contribution is -0.121. The molecule has 1 N–H and O–H groups in total. The van der Waals surface area contributed by atoms with Crippen LogP contribution in [-0.2, 0) is 11.2 Å². The molecule has 0 fully saturated rings. The van der Waals surface area contributed by atoms with Crippen LogP contribution in [0.5, 0.6) is 0 Å². The van der Waals surface area contributed by atoms with Gasteiger partial charge in [0.15, 0.2) is 0 Å². The molecular formula is C19H17F2N3O2. The number of benzene rings is 2. The zero-order chi connectivity index (χ0) is 18.5. The summed E-state index contributed by atoms with van der Waals surface area (Å²) < 4.78 is 31.3. The number of nitrogens with zero attached hydrogens (tertiary/aromatic N) is 2. The second-order valence-electron chi connectivity index (χ2n) is 5.86. The van der Waals surface area contributed by atoms with Crippen LogP contribution in [0.15, 0.2) is 53.1 Å². The van der Waals surface area contributed by atoms with Gasteiger partial charge in [0.25, 0.3) is 0 Å². The predicted octanol–water partition coefficient (Wildman–Crippen LogP) is 3.82. The highest BCUT2D eigenvalue weighted by atomic mass is 19.1. The van der Waals surface area contributed by atoms with Gasteiger partial charge >= 0.3 is 0 Å². The van der Waals surface area contributed by atoms with Gasteiger partial charge in [0.2, 0.25) is 17.6 Å². The Balaban J connectivity index is 1.54. The maximum absolute atomic E-state index is 13.2. The van der Waals surface area contributed by atoms with Crippen molar-refractivity contribution in [2.24, 2.45) is 0 Å². The van der Waals surface area contributed by atoms with E-state index >= 15 is 0 Å². The number of carbonyl (C=O) groups excluding carboxylic acids is 1. The third-order valence-corrected chi connectivity index (χ3v) is 3.86. The lowest BCUT2D eigenvalue weighted by Gasteiger charge is -2.13. The minimum absolute atomic E-state index is 0.163. The number of aromatic nitrogens is 2. The van der Waals surface area contributed by atoms with Gasteiger partial charge in [0.05, 0.1) is 6.04 Å². The third kappa shape index (κ3) is 4.50. The van der Waals surface area contributed by atoms with Gasteiger partial charge in [-0.15, -0.1) is 0 Å². The number of nitrogens with one attached hydrogen (secondary N) is 1. The van der Waals surface area contributed by atoms with Crippen LogP contribution in [0.2, 0.25) is 0 Å². The van der Waals surface area contributed by atoms with E-state index < -0.39 is 0 Å². The van der Waals surface area contributed by atoms with Crippen LogP contribution in [0.3, 0.4) is 0 Å². The molecule has 3 aromatic rings. The standard InChI is InChI=1S/C19H17F2N3O2/c1-12(13-5-7-15(20)8-6-13)22-17(25)9-10-18-23-19(24-26-18)14-3-2-4-16(21)11-14/h2-8,11-12H,9-10H2,1H3,(H,22,25). The van der Waals surface area contributed by atoms with Crippen LogP contribution < -0.4 is 5.32 Å². The molecule has 1 heterocycles. The highest BCUT2D eigenvalue weighted by molar-refractivity contribution is 5.76. The summed E-state index contributed by atoms with van der Waals surface area (Å²) in [4.78, 5) is 16.2. The Labute approximate surface area is 149 Å². The Morgan fingerprint density at radius 1 is 1.15 bits per heavy atom. The average Bonchev–Trinajstić information content (AvgIpc) is 3.09. The second kappa shape index (κ2) is 7.86. The zero-order valence-electron chi connectivity index (χ0n) is 14.1. The molecule has 3 rings (SSSR count). The van der Waals surface area contributed by atoms with Gasteiger partial charge < -0.3 is 9.84 Å². The maximum atomic E-state index is 13.2. The topological polar surface area (TPSA) is 68.0 Å². The van der Waals surface area contributed by atoms with Crippen LogP contribution in [0.25, 0.3) is 11.4 Å². The molecule has 0 radical (unpaired) electrons. The van der Waals surface area contributed by atoms with Crippen molar-refractivity contribution in [1.82, 2.24) is 15.5 Å². The number of halogens is 2. The van der Waals surface area contributed by atoms with E-state index in [1.54, 1.807) is 24.3 Å². The molecule has 0 aliphatic carbocycles. The fourth-order valence-corrected chi connectivity index (χ4v) is 2.47. The highest BCUT2D eigenvalue weighted by Gasteiger charge is 2.13. The largest absolute Gasteiger partial charge is 0.350 e. The van der Waals surface area contributed by atoms with Gasteiger partial charge in [0.1, 0.15) is 11.6 Å². The fourth-order valence-electron chi connectivity index (χ4n) is 2.47. The van der Waals surface area contributed by atoms with E-state index in [1.165, 1.54) is 24.3 Å². The van der Waals surface area contributed by atoms with Crippen molar-refractivity contribution < 1.29 is 18.1 Å². The average molecular weight is 357 g/mol. The number of aryl methyl sites for hydroxylation is 1. The quantitative estimate of drug-likeness (QED) is 0.728. The number of amides is 1. The molecule has 2 aromatic carbocycles. The van der Waals surface area contributed by atoms with Gasteiger partial charge in [-0.1, -0.05) is 29.4 Å². The molecule has 0 saturated heterocycles. The molecule has 1 aromatic heterocycles. The van der Waals surface area contributed by atoms with E-state index in [4.69, 9.17) is 4.52 Å². The van der Waals surface area contributed by atoms with Crippen molar-refractivity contribution in [2.75, 3.05) is 0 Å². The van der Waals surface area contributed by atoms with Crippen molar-refractivity contribution in [1.29, 1.82) is 0 Å². The molecular weight excluding hydrogens is 340 g/mol. The van der Waals surface area contributed by atoms with Gasteiger partial charge in [0, 0.05) is 18.4 Å². The van der Waals surface area contributed by atoms with Crippen LogP contribution in [0.1, 0.15) is 30.8 Å². The summed E-state index contributed by atoms with van der Waals surface area (Å²) >= 11 is 0. The second-order valence-corrected chi connectivity index (χ2v) is 5.86. The first kappa shape index (κ1) is 17.7. The first-order valence-corrected chi connectivity index (χ1v) is 8.14. The smallest absolute Gasteiger partial charge is 0.227 e. The Bertz CT molecular complexity index is 894. The van der Waals surface area contributed by atoms with Gasteiger partial charge in [-0.3, -0.25) is 4.79 Å². The van der Waals surface area contributed by atoms with E-state index in [2.05, 4.69) is 15.5 Å². The molecule has 7 heteroatoms. The predicted molar refractivity (Wildman–Crippen MR) is 91.0 cm³/mol. The summed E-state index contributed by atoms with van der Waals surface area (Å²) in [6.07, 6.45) is 0.431. The summed E-state index contributed by atoms with van der Waals surface area (Å²) in [7, 11) is 0. The molecule has 1 atom stereocenters. The highest BCUT2D eigenvalue weighted by Crippen LogP contribution is 2.17. The van der Waals surface area contributed by atoms with Crippen LogP contribution in [0, 0.1) is 11.6 Å². The molecule has 5 nitrogen and oxygen atoms in total. The Hall–Kier alpha value is -3.09. The normalized spacial score (nSPS) is 12.0. The Morgan fingerprint density at radius 2 is 1.92 bits per heavy atom. The lowest BCUT2D eigenvalue weighted by atomic mass is 10.1. The van der Waals surface area contributed by atoms with Crippen molar-refractivity contribution in [3.63, 3.8) is 0 Å². The summed E-state index contributed by atoms with van der Waals surface area (Å²) in [6, 6.07) is 11.6. The first-order chi connectivity index (χ1) is 12.5. The molecule has 0 spiro atoms. The Kier molecular flexibility index (Phi) is 5.36. The molecule has 0 bridgehead atoms. The SMILES string of the molecule is CC(NC(=O)CCc1nc(-c2cccc(F)c2)no1)c1ccc(F)cc1. The number of carbonyl (C=O) groups is 1. The monoisotopic (exact) mass is 357 g/mol. The first-order valence-electron chi connectivity index (χ1n) is 8.14.